The molecule has 0 aliphatic heterocycles. The van der Waals surface area contributed by atoms with Gasteiger partial charge < -0.3 is 9.47 Å². The average Bonchev–Trinajstić information content (AvgIpc) is 3.21. The molecule has 31 heavy (non-hydrogen) atoms. The zero-order chi connectivity index (χ0) is 21.6. The number of aromatic nitrogens is 2. The summed E-state index contributed by atoms with van der Waals surface area (Å²) in [5.41, 5.74) is 3.51. The van der Waals surface area contributed by atoms with Crippen molar-refractivity contribution in [1.29, 1.82) is 0 Å². The molecule has 158 valence electrons. The molecule has 0 saturated carbocycles. The van der Waals surface area contributed by atoms with Crippen LogP contribution in [0.25, 0.3) is 16.9 Å². The third-order valence-corrected chi connectivity index (χ3v) is 4.95. The molecule has 0 fully saturated rings. The van der Waals surface area contributed by atoms with Crippen molar-refractivity contribution >= 4 is 11.3 Å². The third kappa shape index (κ3) is 5.01. The topological polar surface area (TPSA) is 78.9 Å². The summed E-state index contributed by atoms with van der Waals surface area (Å²) in [4.78, 5) is 15.0. The SMILES string of the molecule is Cc1ccccc1OCCCCOc1ccc(-c2cn3cc([N+](=O)[O-])ccc3n2)cc1. The van der Waals surface area contributed by atoms with E-state index in [2.05, 4.69) is 4.98 Å². The molecule has 0 atom stereocenters. The Balaban J connectivity index is 1.27. The Morgan fingerprint density at radius 2 is 1.68 bits per heavy atom. The molecule has 2 aromatic carbocycles. The minimum absolute atomic E-state index is 0.0319. The van der Waals surface area contributed by atoms with Crippen LogP contribution in [0.5, 0.6) is 11.5 Å². The molecule has 0 radical (unpaired) electrons. The number of unbranched alkanes of at least 4 members (excludes halogenated alkanes) is 1. The summed E-state index contributed by atoms with van der Waals surface area (Å²) in [6.45, 7) is 3.33. The zero-order valence-electron chi connectivity index (χ0n) is 17.2. The van der Waals surface area contributed by atoms with Crippen molar-refractivity contribution in [3.8, 4) is 22.8 Å². The van der Waals surface area contributed by atoms with Gasteiger partial charge in [0.2, 0.25) is 0 Å². The molecule has 2 aromatic heterocycles. The Bertz CT molecular complexity index is 1190. The van der Waals surface area contributed by atoms with Gasteiger partial charge in [0.05, 0.1) is 30.0 Å². The van der Waals surface area contributed by atoms with Crippen molar-refractivity contribution in [2.45, 2.75) is 19.8 Å². The highest BCUT2D eigenvalue weighted by Crippen LogP contribution is 2.24. The number of nitro groups is 1. The van der Waals surface area contributed by atoms with Gasteiger partial charge >= 0.3 is 0 Å². The van der Waals surface area contributed by atoms with E-state index in [1.807, 2.05) is 55.5 Å². The Morgan fingerprint density at radius 3 is 2.42 bits per heavy atom. The first-order valence-corrected chi connectivity index (χ1v) is 10.1. The summed E-state index contributed by atoms with van der Waals surface area (Å²) < 4.78 is 13.3. The Hall–Kier alpha value is -3.87. The molecule has 0 bridgehead atoms. The molecule has 0 saturated heterocycles. The van der Waals surface area contributed by atoms with Gasteiger partial charge in [-0.25, -0.2) is 4.98 Å². The van der Waals surface area contributed by atoms with Crippen molar-refractivity contribution < 1.29 is 14.4 Å². The van der Waals surface area contributed by atoms with Gasteiger partial charge in [0.25, 0.3) is 5.69 Å². The van der Waals surface area contributed by atoms with E-state index in [9.17, 15) is 10.1 Å². The van der Waals surface area contributed by atoms with E-state index < -0.39 is 4.92 Å². The maximum Gasteiger partial charge on any atom is 0.286 e. The van der Waals surface area contributed by atoms with Crippen LogP contribution in [-0.2, 0) is 0 Å². The highest BCUT2D eigenvalue weighted by molar-refractivity contribution is 5.63. The zero-order valence-corrected chi connectivity index (χ0v) is 17.2. The van der Waals surface area contributed by atoms with E-state index >= 15 is 0 Å². The number of aryl methyl sites for hydroxylation is 1. The van der Waals surface area contributed by atoms with Crippen molar-refractivity contribution in [3.63, 3.8) is 0 Å². The van der Waals surface area contributed by atoms with Crippen molar-refractivity contribution in [1.82, 2.24) is 9.38 Å². The van der Waals surface area contributed by atoms with Gasteiger partial charge in [-0.1, -0.05) is 18.2 Å². The van der Waals surface area contributed by atoms with E-state index in [1.165, 1.54) is 12.3 Å². The van der Waals surface area contributed by atoms with Crippen LogP contribution < -0.4 is 9.47 Å². The number of pyridine rings is 1. The molecular weight excluding hydrogens is 394 g/mol. The van der Waals surface area contributed by atoms with Crippen LogP contribution in [0, 0.1) is 17.0 Å². The van der Waals surface area contributed by atoms with Gasteiger partial charge in [0.1, 0.15) is 17.1 Å². The number of hydrogen-bond donors (Lipinski definition) is 0. The Labute approximate surface area is 180 Å². The fourth-order valence-corrected chi connectivity index (χ4v) is 3.24. The van der Waals surface area contributed by atoms with Gasteiger partial charge in [0, 0.05) is 17.8 Å². The van der Waals surface area contributed by atoms with Crippen molar-refractivity contribution in [2.75, 3.05) is 13.2 Å². The number of nitrogens with zero attached hydrogens (tertiary/aromatic N) is 3. The van der Waals surface area contributed by atoms with Crippen molar-refractivity contribution in [3.05, 3.63) is 88.7 Å². The lowest BCUT2D eigenvalue weighted by Gasteiger charge is -2.09. The molecule has 4 aromatic rings. The van der Waals surface area contributed by atoms with Gasteiger partial charge in [0.15, 0.2) is 0 Å². The van der Waals surface area contributed by atoms with Gasteiger partial charge in [-0.2, -0.15) is 0 Å². The number of fused-ring (bicyclic) bond motifs is 1. The molecule has 7 nitrogen and oxygen atoms in total. The third-order valence-electron chi connectivity index (χ3n) is 4.95. The second-order valence-electron chi connectivity index (χ2n) is 7.23. The Morgan fingerprint density at radius 1 is 0.935 bits per heavy atom. The van der Waals surface area contributed by atoms with Crippen LogP contribution in [0.3, 0.4) is 0 Å². The molecule has 0 amide bonds. The standard InChI is InChI=1S/C24H23N3O4/c1-18-6-2-3-7-23(18)31-15-5-4-14-30-21-11-8-19(9-12-21)22-17-26-16-20(27(28)29)10-13-24(26)25-22/h2-3,6-13,16-17H,4-5,14-15H2,1H3. The monoisotopic (exact) mass is 417 g/mol. The van der Waals surface area contributed by atoms with E-state index in [0.717, 1.165) is 41.2 Å². The summed E-state index contributed by atoms with van der Waals surface area (Å²) in [5, 5.41) is 10.9. The highest BCUT2D eigenvalue weighted by atomic mass is 16.6. The minimum atomic E-state index is -0.417. The van der Waals surface area contributed by atoms with E-state index in [-0.39, 0.29) is 5.69 Å². The molecule has 0 aliphatic carbocycles. The number of benzene rings is 2. The quantitative estimate of drug-likeness (QED) is 0.205. The number of rotatable bonds is 9. The van der Waals surface area contributed by atoms with Crippen LogP contribution in [0.15, 0.2) is 73.1 Å². The maximum atomic E-state index is 10.9. The van der Waals surface area contributed by atoms with Crippen LogP contribution >= 0.6 is 0 Å². The predicted octanol–water partition coefficient (Wildman–Crippen LogP) is 5.46. The second kappa shape index (κ2) is 9.30. The lowest BCUT2D eigenvalue weighted by molar-refractivity contribution is -0.385. The normalized spacial score (nSPS) is 10.9. The second-order valence-corrected chi connectivity index (χ2v) is 7.23. The largest absolute Gasteiger partial charge is 0.494 e. The average molecular weight is 417 g/mol. The lowest BCUT2D eigenvalue weighted by atomic mass is 10.1. The van der Waals surface area contributed by atoms with Crippen LogP contribution in [0.1, 0.15) is 18.4 Å². The number of imidazole rings is 1. The van der Waals surface area contributed by atoms with Gasteiger partial charge in [-0.05, 0) is 61.7 Å². The minimum Gasteiger partial charge on any atom is -0.494 e. The highest BCUT2D eigenvalue weighted by Gasteiger charge is 2.10. The molecular formula is C24H23N3O4. The first-order chi connectivity index (χ1) is 15.1. The van der Waals surface area contributed by atoms with E-state index in [4.69, 9.17) is 9.47 Å². The van der Waals surface area contributed by atoms with Crippen LogP contribution in [0.4, 0.5) is 5.69 Å². The van der Waals surface area contributed by atoms with Crippen LogP contribution in [-0.4, -0.2) is 27.5 Å². The molecule has 4 rings (SSSR count). The molecule has 0 N–H and O–H groups in total. The number of para-hydroxylation sites is 1. The summed E-state index contributed by atoms with van der Waals surface area (Å²) in [5.74, 6) is 1.73. The molecule has 0 aliphatic rings. The maximum absolute atomic E-state index is 10.9. The fourth-order valence-electron chi connectivity index (χ4n) is 3.24. The fraction of sp³-hybridized carbons (Fsp3) is 0.208. The first kappa shape index (κ1) is 20.4. The van der Waals surface area contributed by atoms with Gasteiger partial charge in [-0.15, -0.1) is 0 Å². The lowest BCUT2D eigenvalue weighted by Crippen LogP contribution is -2.03. The Kier molecular flexibility index (Phi) is 6.12. The number of hydrogen-bond acceptors (Lipinski definition) is 5. The summed E-state index contributed by atoms with van der Waals surface area (Å²) >= 11 is 0. The summed E-state index contributed by atoms with van der Waals surface area (Å²) in [7, 11) is 0. The summed E-state index contributed by atoms with van der Waals surface area (Å²) in [6.07, 6.45) is 5.07. The molecule has 0 unspecified atom stereocenters. The van der Waals surface area contributed by atoms with Crippen molar-refractivity contribution in [2.24, 2.45) is 0 Å². The predicted molar refractivity (Wildman–Crippen MR) is 119 cm³/mol. The van der Waals surface area contributed by atoms with Gasteiger partial charge in [-0.3, -0.25) is 14.5 Å². The number of ether oxygens (including phenoxy) is 2. The molecule has 0 spiro atoms. The summed E-state index contributed by atoms with van der Waals surface area (Å²) in [6, 6.07) is 18.8. The van der Waals surface area contributed by atoms with E-state index in [0.29, 0.717) is 18.9 Å². The first-order valence-electron chi connectivity index (χ1n) is 10.1. The molecule has 7 heteroatoms. The molecule has 2 heterocycles. The van der Waals surface area contributed by atoms with E-state index in [1.54, 1.807) is 16.7 Å². The smallest absolute Gasteiger partial charge is 0.286 e. The van der Waals surface area contributed by atoms with Crippen LogP contribution in [0.2, 0.25) is 0 Å².